The Balaban J connectivity index is 2.50. The van der Waals surface area contributed by atoms with Gasteiger partial charge in [-0.15, -0.1) is 6.58 Å². The maximum Gasteiger partial charge on any atom is 0.0230 e. The molecule has 1 aliphatic heterocycles. The third-order valence-electron chi connectivity index (χ3n) is 4.09. The topological polar surface area (TPSA) is 74.1 Å². The lowest BCUT2D eigenvalue weighted by molar-refractivity contribution is 0.449. The fourth-order valence-electron chi connectivity index (χ4n) is 2.44. The van der Waals surface area contributed by atoms with Crippen molar-refractivity contribution in [1.82, 2.24) is 21.3 Å². The van der Waals surface area contributed by atoms with E-state index in [0.717, 1.165) is 57.9 Å². The second-order valence-corrected chi connectivity index (χ2v) is 6.26. The van der Waals surface area contributed by atoms with Gasteiger partial charge in [0.15, 0.2) is 0 Å². The Morgan fingerprint density at radius 3 is 2.35 bits per heavy atom. The van der Waals surface area contributed by atoms with Crippen molar-refractivity contribution in [3.05, 3.63) is 36.1 Å². The molecule has 2 unspecified atom stereocenters. The van der Waals surface area contributed by atoms with E-state index in [-0.39, 0.29) is 5.92 Å². The van der Waals surface area contributed by atoms with E-state index in [2.05, 4.69) is 47.8 Å². The predicted octanol–water partition coefficient (Wildman–Crippen LogP) is 0.728. The van der Waals surface area contributed by atoms with Gasteiger partial charge in [0.05, 0.1) is 0 Å². The number of hydrogen-bond donors (Lipinski definition) is 5. The summed E-state index contributed by atoms with van der Waals surface area (Å²) < 4.78 is 0. The van der Waals surface area contributed by atoms with Crippen LogP contribution in [0.4, 0.5) is 0 Å². The molecule has 0 aliphatic carbocycles. The maximum absolute atomic E-state index is 6.03. The Bertz CT molecular complexity index is 377. The zero-order valence-corrected chi connectivity index (χ0v) is 14.8. The molecule has 5 heteroatoms. The molecule has 5 nitrogen and oxygen atoms in total. The van der Waals surface area contributed by atoms with E-state index in [9.17, 15) is 0 Å². The zero-order valence-electron chi connectivity index (χ0n) is 14.8. The highest BCUT2D eigenvalue weighted by molar-refractivity contribution is 5.19. The third kappa shape index (κ3) is 9.56. The largest absolute Gasteiger partial charge is 0.402 e. The summed E-state index contributed by atoms with van der Waals surface area (Å²) in [6, 6.07) is 0.443. The van der Waals surface area contributed by atoms with Crippen LogP contribution in [0.2, 0.25) is 0 Å². The van der Waals surface area contributed by atoms with Crippen molar-refractivity contribution >= 4 is 0 Å². The van der Waals surface area contributed by atoms with Gasteiger partial charge in [0, 0.05) is 63.5 Å². The lowest BCUT2D eigenvalue weighted by Crippen LogP contribution is -2.45. The van der Waals surface area contributed by atoms with Crippen molar-refractivity contribution < 1.29 is 0 Å². The van der Waals surface area contributed by atoms with Gasteiger partial charge in [-0.3, -0.25) is 0 Å². The first kappa shape index (κ1) is 19.9. The summed E-state index contributed by atoms with van der Waals surface area (Å²) in [5.41, 5.74) is 8.22. The van der Waals surface area contributed by atoms with E-state index < -0.39 is 0 Å². The van der Waals surface area contributed by atoms with Crippen LogP contribution in [0, 0.1) is 5.92 Å². The van der Waals surface area contributed by atoms with Gasteiger partial charge in [-0.25, -0.2) is 0 Å². The summed E-state index contributed by atoms with van der Waals surface area (Å²) in [5.74, 6) is 0.221. The van der Waals surface area contributed by atoms with Gasteiger partial charge in [-0.2, -0.15) is 0 Å². The SMILES string of the molecule is C=CC(C)/C(N)=C\C=C(/C)CC1CNCCNCCNCCN1. The van der Waals surface area contributed by atoms with Crippen LogP contribution in [-0.2, 0) is 0 Å². The van der Waals surface area contributed by atoms with Gasteiger partial charge in [-0.1, -0.05) is 24.6 Å². The van der Waals surface area contributed by atoms with E-state index >= 15 is 0 Å². The van der Waals surface area contributed by atoms with Gasteiger partial charge >= 0.3 is 0 Å². The van der Waals surface area contributed by atoms with Crippen molar-refractivity contribution in [2.75, 3.05) is 45.8 Å². The molecule has 1 aliphatic rings. The first-order valence-electron chi connectivity index (χ1n) is 8.74. The number of hydrogen-bond acceptors (Lipinski definition) is 5. The third-order valence-corrected chi connectivity index (χ3v) is 4.09. The Morgan fingerprint density at radius 2 is 1.70 bits per heavy atom. The molecule has 1 fully saturated rings. The van der Waals surface area contributed by atoms with Crippen LogP contribution in [0.25, 0.3) is 0 Å². The summed E-state index contributed by atoms with van der Waals surface area (Å²) in [4.78, 5) is 0. The molecule has 0 radical (unpaired) electrons. The van der Waals surface area contributed by atoms with Gasteiger partial charge in [0.1, 0.15) is 0 Å². The average Bonchev–Trinajstić information content (AvgIpc) is 2.54. The molecule has 2 atom stereocenters. The first-order valence-corrected chi connectivity index (χ1v) is 8.74. The molecule has 0 aromatic heterocycles. The van der Waals surface area contributed by atoms with Crippen LogP contribution in [-0.4, -0.2) is 51.9 Å². The average molecular weight is 322 g/mol. The number of rotatable bonds is 5. The molecule has 0 spiro atoms. The number of nitrogens with two attached hydrogens (primary N) is 1. The molecule has 0 aromatic rings. The Labute approximate surface area is 141 Å². The van der Waals surface area contributed by atoms with Gasteiger partial charge < -0.3 is 27.0 Å². The first-order chi connectivity index (χ1) is 11.1. The highest BCUT2D eigenvalue weighted by Crippen LogP contribution is 2.09. The predicted molar refractivity (Wildman–Crippen MR) is 100 cm³/mol. The molecular weight excluding hydrogens is 286 g/mol. The number of nitrogens with one attached hydrogen (secondary N) is 4. The minimum atomic E-state index is 0.221. The van der Waals surface area contributed by atoms with Crippen LogP contribution in [0.1, 0.15) is 20.3 Å². The lowest BCUT2D eigenvalue weighted by atomic mass is 10.0. The minimum absolute atomic E-state index is 0.221. The molecular formula is C18H35N5. The lowest BCUT2D eigenvalue weighted by Gasteiger charge is -2.21. The molecule has 0 amide bonds. The standard InChI is InChI=1S/C18H35N5/c1-4-16(3)18(19)6-5-15(2)13-17-14-22-10-9-20-7-8-21-11-12-23-17/h4-6,16-17,20-23H,1,7-14,19H2,2-3H3/b15-5+,18-6+. The summed E-state index contributed by atoms with van der Waals surface area (Å²) in [6.07, 6.45) is 7.03. The van der Waals surface area contributed by atoms with Gasteiger partial charge in [0.25, 0.3) is 0 Å². The fraction of sp³-hybridized carbons (Fsp3) is 0.667. The van der Waals surface area contributed by atoms with E-state index in [1.807, 2.05) is 12.2 Å². The molecule has 1 heterocycles. The Kier molecular flexibility index (Phi) is 10.6. The maximum atomic E-state index is 6.03. The van der Waals surface area contributed by atoms with Crippen molar-refractivity contribution in [3.8, 4) is 0 Å². The molecule has 0 aromatic carbocycles. The summed E-state index contributed by atoms with van der Waals surface area (Å²) >= 11 is 0. The van der Waals surface area contributed by atoms with Crippen molar-refractivity contribution in [2.45, 2.75) is 26.3 Å². The van der Waals surface area contributed by atoms with Gasteiger partial charge in [0.2, 0.25) is 0 Å². The minimum Gasteiger partial charge on any atom is -0.402 e. The molecule has 23 heavy (non-hydrogen) atoms. The van der Waals surface area contributed by atoms with Crippen molar-refractivity contribution in [2.24, 2.45) is 11.7 Å². The van der Waals surface area contributed by atoms with Crippen LogP contribution in [0.15, 0.2) is 36.1 Å². The normalized spacial score (nSPS) is 24.3. The number of allylic oxidation sites excluding steroid dienone is 3. The summed E-state index contributed by atoms with van der Waals surface area (Å²) in [7, 11) is 0. The second-order valence-electron chi connectivity index (χ2n) is 6.26. The van der Waals surface area contributed by atoms with Crippen molar-refractivity contribution in [3.63, 3.8) is 0 Å². The monoisotopic (exact) mass is 321 g/mol. The van der Waals surface area contributed by atoms with Crippen LogP contribution in [0.3, 0.4) is 0 Å². The summed E-state index contributed by atoms with van der Waals surface area (Å²) in [6.45, 7) is 15.1. The molecule has 0 bridgehead atoms. The van der Waals surface area contributed by atoms with Crippen molar-refractivity contribution in [1.29, 1.82) is 0 Å². The molecule has 1 rings (SSSR count). The fourth-order valence-corrected chi connectivity index (χ4v) is 2.44. The smallest absolute Gasteiger partial charge is 0.0230 e. The Hall–Kier alpha value is -1.14. The zero-order chi connectivity index (χ0) is 16.9. The highest BCUT2D eigenvalue weighted by atomic mass is 15.0. The van der Waals surface area contributed by atoms with E-state index in [4.69, 9.17) is 5.73 Å². The van der Waals surface area contributed by atoms with Crippen LogP contribution < -0.4 is 27.0 Å². The van der Waals surface area contributed by atoms with Crippen LogP contribution >= 0.6 is 0 Å². The molecule has 0 saturated carbocycles. The molecule has 6 N–H and O–H groups in total. The quantitative estimate of drug-likeness (QED) is 0.381. The van der Waals surface area contributed by atoms with Crippen LogP contribution in [0.5, 0.6) is 0 Å². The van der Waals surface area contributed by atoms with Gasteiger partial charge in [-0.05, 0) is 19.4 Å². The highest BCUT2D eigenvalue weighted by Gasteiger charge is 2.09. The Morgan fingerprint density at radius 1 is 1.09 bits per heavy atom. The van der Waals surface area contributed by atoms with E-state index in [1.54, 1.807) is 0 Å². The molecule has 1 saturated heterocycles. The van der Waals surface area contributed by atoms with E-state index in [1.165, 1.54) is 5.57 Å². The molecule has 132 valence electrons. The summed E-state index contributed by atoms with van der Waals surface area (Å²) in [5, 5.41) is 14.0. The van der Waals surface area contributed by atoms with E-state index in [0.29, 0.717) is 6.04 Å². The second kappa shape index (κ2) is 12.3.